The molecular weight excluding hydrogens is 404 g/mol. The molecule has 0 saturated heterocycles. The molecule has 6 heteroatoms. The van der Waals surface area contributed by atoms with Crippen LogP contribution in [0.1, 0.15) is 32.4 Å². The highest BCUT2D eigenvalue weighted by Gasteiger charge is 2.26. The Bertz CT molecular complexity index is 990. The van der Waals surface area contributed by atoms with Crippen LogP contribution in [0.5, 0.6) is 5.75 Å². The first-order valence-corrected chi connectivity index (χ1v) is 10.9. The van der Waals surface area contributed by atoms with Gasteiger partial charge in [-0.1, -0.05) is 41.9 Å². The molecule has 0 bridgehead atoms. The Kier molecular flexibility index (Phi) is 6.19. The van der Waals surface area contributed by atoms with Gasteiger partial charge < -0.3 is 10.1 Å². The van der Waals surface area contributed by atoms with Crippen LogP contribution in [-0.4, -0.2) is 31.0 Å². The van der Waals surface area contributed by atoms with Crippen molar-refractivity contribution >= 4 is 28.8 Å². The van der Waals surface area contributed by atoms with Crippen molar-refractivity contribution in [2.45, 2.75) is 19.0 Å². The molecule has 0 spiro atoms. The molecule has 4 rings (SSSR count). The summed E-state index contributed by atoms with van der Waals surface area (Å²) in [6.07, 6.45) is 1.02. The predicted molar refractivity (Wildman–Crippen MR) is 118 cm³/mol. The van der Waals surface area contributed by atoms with Crippen LogP contribution in [0.25, 0.3) is 0 Å². The predicted octanol–water partition coefficient (Wildman–Crippen LogP) is 4.94. The molecule has 1 aliphatic heterocycles. The number of nitrogens with one attached hydrogen (secondary N) is 1. The highest BCUT2D eigenvalue weighted by Crippen LogP contribution is 2.30. The summed E-state index contributed by atoms with van der Waals surface area (Å²) in [6, 6.07) is 18.0. The van der Waals surface area contributed by atoms with Gasteiger partial charge in [0.15, 0.2) is 0 Å². The Morgan fingerprint density at radius 1 is 1.21 bits per heavy atom. The smallest absolute Gasteiger partial charge is 0.255 e. The van der Waals surface area contributed by atoms with Crippen LogP contribution in [0.15, 0.2) is 60.0 Å². The fourth-order valence-corrected chi connectivity index (χ4v) is 4.85. The molecule has 0 aliphatic carbocycles. The van der Waals surface area contributed by atoms with Gasteiger partial charge in [0.2, 0.25) is 0 Å². The quantitative estimate of drug-likeness (QED) is 0.607. The second-order valence-corrected chi connectivity index (χ2v) is 8.49. The zero-order chi connectivity index (χ0) is 20.2. The van der Waals surface area contributed by atoms with Crippen LogP contribution in [0.2, 0.25) is 5.02 Å². The standard InChI is InChI=1S/C23H23ClN2O2S/c1-28-21-9-8-18(24)13-19(21)23(27)25-14-20(22-7-4-12-29-22)26-11-10-16-5-2-3-6-17(16)15-26/h2-9,12-13,20H,10-11,14-15H2,1H3,(H,25,27)/t20-/m1/s1. The van der Waals surface area contributed by atoms with E-state index >= 15 is 0 Å². The number of thiophene rings is 1. The van der Waals surface area contributed by atoms with E-state index in [9.17, 15) is 4.79 Å². The van der Waals surface area contributed by atoms with Crippen molar-refractivity contribution in [3.8, 4) is 5.75 Å². The summed E-state index contributed by atoms with van der Waals surface area (Å²) in [6.45, 7) is 2.38. The third-order valence-corrected chi connectivity index (χ3v) is 6.54. The van der Waals surface area contributed by atoms with Gasteiger partial charge in [-0.2, -0.15) is 0 Å². The molecular formula is C23H23ClN2O2S. The van der Waals surface area contributed by atoms with E-state index in [-0.39, 0.29) is 11.9 Å². The number of hydrogen-bond donors (Lipinski definition) is 1. The van der Waals surface area contributed by atoms with E-state index in [1.807, 2.05) is 0 Å². The summed E-state index contributed by atoms with van der Waals surface area (Å²) in [7, 11) is 1.56. The second kappa shape index (κ2) is 8.99. The number of ether oxygens (including phenoxy) is 1. The minimum Gasteiger partial charge on any atom is -0.496 e. The van der Waals surface area contributed by atoms with E-state index in [1.165, 1.54) is 16.0 Å². The molecule has 2 heterocycles. The van der Waals surface area contributed by atoms with Gasteiger partial charge in [-0.05, 0) is 47.2 Å². The summed E-state index contributed by atoms with van der Waals surface area (Å²) in [5.74, 6) is 0.342. The first-order valence-electron chi connectivity index (χ1n) is 9.61. The van der Waals surface area contributed by atoms with Gasteiger partial charge in [0.1, 0.15) is 5.75 Å². The Morgan fingerprint density at radius 2 is 2.03 bits per heavy atom. The number of halogens is 1. The maximum absolute atomic E-state index is 12.9. The van der Waals surface area contributed by atoms with E-state index in [4.69, 9.17) is 16.3 Å². The zero-order valence-corrected chi connectivity index (χ0v) is 17.8. The fourth-order valence-electron chi connectivity index (χ4n) is 3.82. The van der Waals surface area contributed by atoms with E-state index in [2.05, 4.69) is 52.0 Å². The number of rotatable bonds is 6. The van der Waals surface area contributed by atoms with E-state index in [0.717, 1.165) is 19.5 Å². The Morgan fingerprint density at radius 3 is 2.79 bits per heavy atom. The fraction of sp³-hybridized carbons (Fsp3) is 0.261. The van der Waals surface area contributed by atoms with Crippen LogP contribution < -0.4 is 10.1 Å². The average Bonchev–Trinajstić information content (AvgIpc) is 3.28. The molecule has 2 aromatic carbocycles. The summed E-state index contributed by atoms with van der Waals surface area (Å²) in [5, 5.41) is 5.70. The SMILES string of the molecule is COc1ccc(Cl)cc1C(=O)NC[C@H](c1cccs1)N1CCc2ccccc2C1. The molecule has 150 valence electrons. The number of hydrogen-bond acceptors (Lipinski definition) is 4. The summed E-state index contributed by atoms with van der Waals surface area (Å²) in [4.78, 5) is 16.6. The number of nitrogens with zero attached hydrogens (tertiary/aromatic N) is 1. The van der Waals surface area contributed by atoms with Crippen LogP contribution in [0.4, 0.5) is 0 Å². The Balaban J connectivity index is 1.52. The molecule has 0 radical (unpaired) electrons. The minimum absolute atomic E-state index is 0.123. The zero-order valence-electron chi connectivity index (χ0n) is 16.2. The molecule has 0 saturated carbocycles. The van der Waals surface area contributed by atoms with Crippen LogP contribution in [0, 0.1) is 0 Å². The molecule has 1 amide bonds. The van der Waals surface area contributed by atoms with Crippen molar-refractivity contribution in [3.63, 3.8) is 0 Å². The molecule has 1 atom stereocenters. The molecule has 0 fully saturated rings. The first-order chi connectivity index (χ1) is 14.2. The molecule has 1 aromatic heterocycles. The summed E-state index contributed by atoms with van der Waals surface area (Å²) < 4.78 is 5.33. The van der Waals surface area contributed by atoms with Crippen LogP contribution in [0.3, 0.4) is 0 Å². The summed E-state index contributed by atoms with van der Waals surface area (Å²) in [5.41, 5.74) is 3.23. The van der Waals surface area contributed by atoms with Crippen molar-refractivity contribution in [2.24, 2.45) is 0 Å². The largest absolute Gasteiger partial charge is 0.496 e. The molecule has 3 aromatic rings. The van der Waals surface area contributed by atoms with Gasteiger partial charge in [-0.3, -0.25) is 9.69 Å². The van der Waals surface area contributed by atoms with Crippen molar-refractivity contribution < 1.29 is 9.53 Å². The first kappa shape index (κ1) is 20.0. The molecule has 1 N–H and O–H groups in total. The maximum Gasteiger partial charge on any atom is 0.255 e. The van der Waals surface area contributed by atoms with Gasteiger partial charge >= 0.3 is 0 Å². The van der Waals surface area contributed by atoms with Crippen LogP contribution in [-0.2, 0) is 13.0 Å². The number of benzene rings is 2. The normalized spacial score (nSPS) is 14.8. The van der Waals surface area contributed by atoms with Crippen molar-refractivity contribution in [2.75, 3.05) is 20.2 Å². The number of carbonyl (C=O) groups is 1. The third kappa shape index (κ3) is 4.47. The van der Waals surface area contributed by atoms with Gasteiger partial charge in [0, 0.05) is 29.5 Å². The highest BCUT2D eigenvalue weighted by molar-refractivity contribution is 7.10. The second-order valence-electron chi connectivity index (χ2n) is 7.08. The molecule has 4 nitrogen and oxygen atoms in total. The van der Waals surface area contributed by atoms with Crippen LogP contribution >= 0.6 is 22.9 Å². The highest BCUT2D eigenvalue weighted by atomic mass is 35.5. The lowest BCUT2D eigenvalue weighted by Crippen LogP contribution is -2.40. The number of amides is 1. The molecule has 29 heavy (non-hydrogen) atoms. The topological polar surface area (TPSA) is 41.6 Å². The number of fused-ring (bicyclic) bond motifs is 1. The van der Waals surface area contributed by atoms with Gasteiger partial charge in [-0.25, -0.2) is 0 Å². The van der Waals surface area contributed by atoms with Gasteiger partial charge in [0.05, 0.1) is 18.7 Å². The van der Waals surface area contributed by atoms with Gasteiger partial charge in [0.25, 0.3) is 5.91 Å². The number of methoxy groups -OCH3 is 1. The monoisotopic (exact) mass is 426 g/mol. The van der Waals surface area contributed by atoms with Crippen molar-refractivity contribution in [3.05, 3.63) is 86.6 Å². The van der Waals surface area contributed by atoms with Gasteiger partial charge in [-0.15, -0.1) is 11.3 Å². The Labute approximate surface area is 180 Å². The third-order valence-electron chi connectivity index (χ3n) is 5.33. The van der Waals surface area contributed by atoms with E-state index in [0.29, 0.717) is 22.9 Å². The summed E-state index contributed by atoms with van der Waals surface area (Å²) >= 11 is 7.81. The van der Waals surface area contributed by atoms with Crippen molar-refractivity contribution in [1.29, 1.82) is 0 Å². The maximum atomic E-state index is 12.9. The van der Waals surface area contributed by atoms with Crippen molar-refractivity contribution in [1.82, 2.24) is 10.2 Å². The van der Waals surface area contributed by atoms with E-state index in [1.54, 1.807) is 36.6 Å². The molecule has 1 aliphatic rings. The lowest BCUT2D eigenvalue weighted by Gasteiger charge is -2.35. The van der Waals surface area contributed by atoms with E-state index < -0.39 is 0 Å². The average molecular weight is 427 g/mol. The Hall–Kier alpha value is -2.34. The number of carbonyl (C=O) groups excluding carboxylic acids is 1. The minimum atomic E-state index is -0.177. The lowest BCUT2D eigenvalue weighted by molar-refractivity contribution is 0.0926. The lowest BCUT2D eigenvalue weighted by atomic mass is 9.98. The molecule has 0 unspecified atom stereocenters.